The number of amides is 1. The summed E-state index contributed by atoms with van der Waals surface area (Å²) >= 11 is 1.95. The maximum atomic E-state index is 13.0. The van der Waals surface area contributed by atoms with Crippen LogP contribution in [0.25, 0.3) is 11.3 Å². The van der Waals surface area contributed by atoms with Crippen LogP contribution in [0.2, 0.25) is 0 Å². The Labute approximate surface area is 172 Å². The number of carbonyl (C=O) groups excluding carboxylic acids is 1. The first-order valence-electron chi connectivity index (χ1n) is 10.2. The fourth-order valence-electron chi connectivity index (χ4n) is 4.23. The number of anilines is 2. The second kappa shape index (κ2) is 8.31. The molecule has 0 spiro atoms. The molecule has 3 aliphatic heterocycles. The Balaban J connectivity index is 1.42. The summed E-state index contributed by atoms with van der Waals surface area (Å²) < 4.78 is 10.2. The summed E-state index contributed by atoms with van der Waals surface area (Å²) in [4.78, 5) is 28.9. The van der Waals surface area contributed by atoms with Gasteiger partial charge in [-0.25, -0.2) is 14.6 Å². The second-order valence-electron chi connectivity index (χ2n) is 7.60. The number of rotatable bonds is 3. The van der Waals surface area contributed by atoms with E-state index in [4.69, 9.17) is 19.3 Å². The van der Waals surface area contributed by atoms with Crippen molar-refractivity contribution in [2.75, 3.05) is 73.8 Å². The van der Waals surface area contributed by atoms with Crippen molar-refractivity contribution in [2.24, 2.45) is 5.92 Å². The predicted octanol–water partition coefficient (Wildman–Crippen LogP) is 0.641. The predicted molar refractivity (Wildman–Crippen MR) is 109 cm³/mol. The van der Waals surface area contributed by atoms with Crippen LogP contribution >= 0.6 is 11.8 Å². The largest absolute Gasteiger partial charge is 0.378 e. The fraction of sp³-hybridized carbons (Fsp3) is 0.722. The second-order valence-corrected chi connectivity index (χ2v) is 8.83. The third-order valence-electron chi connectivity index (χ3n) is 5.78. The number of nitrogens with zero attached hydrogens (tertiary/aromatic N) is 7. The molecule has 5 heterocycles. The normalized spacial score (nSPS) is 23.6. The number of hydrogen-bond acceptors (Lipinski definition) is 10. The number of thioether (sulfide) groups is 1. The van der Waals surface area contributed by atoms with E-state index < -0.39 is 0 Å². The van der Waals surface area contributed by atoms with Crippen LogP contribution in [0.5, 0.6) is 0 Å². The van der Waals surface area contributed by atoms with Gasteiger partial charge >= 0.3 is 0 Å². The van der Waals surface area contributed by atoms with E-state index in [2.05, 4.69) is 20.1 Å². The molecule has 1 atom stereocenters. The number of ether oxygens (including phenoxy) is 1. The highest BCUT2D eigenvalue weighted by Crippen LogP contribution is 2.32. The van der Waals surface area contributed by atoms with Gasteiger partial charge in [-0.15, -0.1) is 0 Å². The molecule has 0 unspecified atom stereocenters. The van der Waals surface area contributed by atoms with Crippen LogP contribution in [-0.4, -0.2) is 95.1 Å². The molecule has 0 saturated carbocycles. The van der Waals surface area contributed by atoms with Gasteiger partial charge < -0.3 is 19.4 Å². The molecular weight excluding hydrogens is 394 g/mol. The van der Waals surface area contributed by atoms with Crippen molar-refractivity contribution in [3.63, 3.8) is 0 Å². The highest BCUT2D eigenvalue weighted by Gasteiger charge is 2.33. The molecule has 10 nitrogen and oxygen atoms in total. The van der Waals surface area contributed by atoms with Crippen molar-refractivity contribution in [3.8, 4) is 0 Å². The van der Waals surface area contributed by atoms with Crippen LogP contribution in [0.4, 0.5) is 11.6 Å². The van der Waals surface area contributed by atoms with Crippen molar-refractivity contribution in [1.82, 2.24) is 25.2 Å². The van der Waals surface area contributed by atoms with Gasteiger partial charge in [0.25, 0.3) is 0 Å². The van der Waals surface area contributed by atoms with E-state index >= 15 is 0 Å². The molecule has 0 N–H and O–H groups in total. The zero-order valence-corrected chi connectivity index (χ0v) is 17.1. The van der Waals surface area contributed by atoms with E-state index in [1.165, 1.54) is 0 Å². The topological polar surface area (TPSA) is 101 Å². The van der Waals surface area contributed by atoms with Gasteiger partial charge in [0.15, 0.2) is 11.6 Å². The average Bonchev–Trinajstić information content (AvgIpc) is 3.27. The lowest BCUT2D eigenvalue weighted by Crippen LogP contribution is -2.49. The highest BCUT2D eigenvalue weighted by atomic mass is 32.2. The Morgan fingerprint density at radius 3 is 2.34 bits per heavy atom. The minimum atomic E-state index is -0.0282. The third-order valence-corrected chi connectivity index (χ3v) is 6.72. The van der Waals surface area contributed by atoms with Crippen LogP contribution in [0.3, 0.4) is 0 Å². The summed E-state index contributed by atoms with van der Waals surface area (Å²) in [6.07, 6.45) is 1.86. The number of aromatic nitrogens is 4. The number of carbonyl (C=O) groups is 1. The molecule has 1 amide bonds. The van der Waals surface area contributed by atoms with Gasteiger partial charge in [-0.3, -0.25) is 4.79 Å². The van der Waals surface area contributed by atoms with Crippen molar-refractivity contribution in [3.05, 3.63) is 0 Å². The van der Waals surface area contributed by atoms with Crippen molar-refractivity contribution >= 4 is 40.6 Å². The lowest BCUT2D eigenvalue weighted by molar-refractivity contribution is -0.139. The van der Waals surface area contributed by atoms with Gasteiger partial charge in [-0.05, 0) is 23.2 Å². The van der Waals surface area contributed by atoms with Crippen LogP contribution in [0.15, 0.2) is 4.63 Å². The lowest BCUT2D eigenvalue weighted by atomic mass is 9.96. The SMILES string of the molecule is O=C([C@@H]1CCCN(c2nc3nonc3nc2N2CCSCC2)C1)N1CCOCC1. The summed E-state index contributed by atoms with van der Waals surface area (Å²) in [5.74, 6) is 3.95. The standard InChI is InChI=1S/C18H25N7O3S/c26-18(24-4-8-27-9-5-24)13-2-1-3-25(12-13)17-16(23-6-10-29-11-7-23)19-14-15(20-17)22-28-21-14/h13H,1-12H2/t13-/m1/s1. The third kappa shape index (κ3) is 3.85. The first-order chi connectivity index (χ1) is 14.3. The van der Waals surface area contributed by atoms with E-state index in [1.807, 2.05) is 16.7 Å². The first kappa shape index (κ1) is 18.9. The Morgan fingerprint density at radius 1 is 0.931 bits per heavy atom. The number of piperidine rings is 1. The van der Waals surface area contributed by atoms with E-state index in [9.17, 15) is 4.79 Å². The fourth-order valence-corrected chi connectivity index (χ4v) is 5.14. The highest BCUT2D eigenvalue weighted by molar-refractivity contribution is 7.99. The lowest BCUT2D eigenvalue weighted by Gasteiger charge is -2.38. The van der Waals surface area contributed by atoms with Gasteiger partial charge in [0.1, 0.15) is 0 Å². The smallest absolute Gasteiger partial charge is 0.245 e. The first-order valence-corrected chi connectivity index (χ1v) is 11.4. The molecule has 3 fully saturated rings. The Hall–Kier alpha value is -2.14. The molecule has 11 heteroatoms. The van der Waals surface area contributed by atoms with Crippen LogP contribution < -0.4 is 9.80 Å². The average molecular weight is 420 g/mol. The van der Waals surface area contributed by atoms with Gasteiger partial charge in [-0.1, -0.05) is 0 Å². The van der Waals surface area contributed by atoms with E-state index in [0.717, 1.165) is 55.6 Å². The van der Waals surface area contributed by atoms with Crippen molar-refractivity contribution in [1.29, 1.82) is 0 Å². The number of fused-ring (bicyclic) bond motifs is 1. The molecule has 29 heavy (non-hydrogen) atoms. The molecule has 156 valence electrons. The summed E-state index contributed by atoms with van der Waals surface area (Å²) in [6.45, 7) is 5.97. The molecule has 2 aromatic rings. The number of morpholine rings is 1. The van der Waals surface area contributed by atoms with Gasteiger partial charge in [-0.2, -0.15) is 11.8 Å². The van der Waals surface area contributed by atoms with Crippen LogP contribution in [0, 0.1) is 5.92 Å². The quantitative estimate of drug-likeness (QED) is 0.704. The summed E-state index contributed by atoms with van der Waals surface area (Å²) in [5.41, 5.74) is 0.844. The molecule has 3 saturated heterocycles. The van der Waals surface area contributed by atoms with E-state index in [0.29, 0.717) is 44.1 Å². The monoisotopic (exact) mass is 419 g/mol. The van der Waals surface area contributed by atoms with Crippen LogP contribution in [0.1, 0.15) is 12.8 Å². The maximum absolute atomic E-state index is 13.0. The molecular formula is C18H25N7O3S. The minimum Gasteiger partial charge on any atom is -0.378 e. The van der Waals surface area contributed by atoms with E-state index in [-0.39, 0.29) is 11.8 Å². The van der Waals surface area contributed by atoms with E-state index in [1.54, 1.807) is 0 Å². The Morgan fingerprint density at radius 2 is 1.62 bits per heavy atom. The Bertz CT molecular complexity index is 866. The van der Waals surface area contributed by atoms with Crippen molar-refractivity contribution < 1.29 is 14.2 Å². The maximum Gasteiger partial charge on any atom is 0.245 e. The molecule has 5 rings (SSSR count). The van der Waals surface area contributed by atoms with Gasteiger partial charge in [0, 0.05) is 50.8 Å². The van der Waals surface area contributed by atoms with Crippen LogP contribution in [-0.2, 0) is 9.53 Å². The molecule has 0 aliphatic carbocycles. The molecule has 3 aliphatic rings. The summed E-state index contributed by atoms with van der Waals surface area (Å²) in [7, 11) is 0. The molecule has 2 aromatic heterocycles. The molecule has 0 radical (unpaired) electrons. The summed E-state index contributed by atoms with van der Waals surface area (Å²) in [6, 6.07) is 0. The molecule has 0 aromatic carbocycles. The zero-order valence-electron chi connectivity index (χ0n) is 16.3. The summed E-state index contributed by atoms with van der Waals surface area (Å²) in [5, 5.41) is 7.77. The Kier molecular flexibility index (Phi) is 5.40. The number of hydrogen-bond donors (Lipinski definition) is 0. The zero-order chi connectivity index (χ0) is 19.6. The molecule has 0 bridgehead atoms. The van der Waals surface area contributed by atoms with Crippen molar-refractivity contribution in [2.45, 2.75) is 12.8 Å². The minimum absolute atomic E-state index is 0.0282. The van der Waals surface area contributed by atoms with Gasteiger partial charge in [0.05, 0.1) is 19.1 Å². The van der Waals surface area contributed by atoms with Gasteiger partial charge in [0.2, 0.25) is 17.2 Å².